The zero-order valence-corrected chi connectivity index (χ0v) is 7.77. The number of ketones is 1. The number of hydrogen-bond acceptors (Lipinski definition) is 2. The van der Waals surface area contributed by atoms with Gasteiger partial charge >= 0.3 is 6.18 Å². The zero-order valence-electron chi connectivity index (χ0n) is 7.77. The molecule has 0 bridgehead atoms. The number of carbonyl (C=O) groups excluding carboxylic acids is 1. The van der Waals surface area contributed by atoms with E-state index in [0.29, 0.717) is 13.0 Å². The molecule has 0 aromatic carbocycles. The summed E-state index contributed by atoms with van der Waals surface area (Å²) in [7, 11) is 0. The lowest BCUT2D eigenvalue weighted by atomic mass is 10.0. The topological polar surface area (TPSA) is 26.3 Å². The van der Waals surface area contributed by atoms with E-state index in [1.165, 1.54) is 0 Å². The maximum atomic E-state index is 11.8. The number of Topliss-reactive ketones (excluding diaryl/α,β-unsaturated/α-hetero) is 1. The van der Waals surface area contributed by atoms with Crippen LogP contribution >= 0.6 is 0 Å². The highest BCUT2D eigenvalue weighted by atomic mass is 19.4. The average molecular weight is 210 g/mol. The van der Waals surface area contributed by atoms with Crippen molar-refractivity contribution in [3.8, 4) is 0 Å². The third kappa shape index (κ3) is 4.09. The molecule has 1 heterocycles. The third-order valence-electron chi connectivity index (χ3n) is 2.19. The molecule has 1 rings (SSSR count). The summed E-state index contributed by atoms with van der Waals surface area (Å²) < 4.78 is 40.5. The molecule has 1 atom stereocenters. The third-order valence-corrected chi connectivity index (χ3v) is 2.19. The molecule has 82 valence electrons. The van der Waals surface area contributed by atoms with E-state index in [2.05, 4.69) is 0 Å². The van der Waals surface area contributed by atoms with Crippen LogP contribution in [-0.2, 0) is 9.53 Å². The fourth-order valence-electron chi connectivity index (χ4n) is 1.42. The van der Waals surface area contributed by atoms with Crippen LogP contribution in [0.25, 0.3) is 0 Å². The average Bonchev–Trinajstić information content (AvgIpc) is 2.14. The lowest BCUT2D eigenvalue weighted by molar-refractivity contribution is -0.149. The van der Waals surface area contributed by atoms with Crippen LogP contribution in [0.2, 0.25) is 0 Å². The lowest BCUT2D eigenvalue weighted by Crippen LogP contribution is -2.29. The fourth-order valence-corrected chi connectivity index (χ4v) is 1.42. The Bertz CT molecular complexity index is 195. The van der Waals surface area contributed by atoms with E-state index in [9.17, 15) is 18.0 Å². The van der Waals surface area contributed by atoms with E-state index in [-0.39, 0.29) is 0 Å². The van der Waals surface area contributed by atoms with Crippen molar-refractivity contribution >= 4 is 5.78 Å². The van der Waals surface area contributed by atoms with Gasteiger partial charge in [0.2, 0.25) is 0 Å². The Kier molecular flexibility index (Phi) is 3.92. The van der Waals surface area contributed by atoms with Crippen LogP contribution < -0.4 is 0 Å². The van der Waals surface area contributed by atoms with Gasteiger partial charge in [0.15, 0.2) is 5.78 Å². The second-order valence-electron chi connectivity index (χ2n) is 3.44. The van der Waals surface area contributed by atoms with Gasteiger partial charge in [-0.3, -0.25) is 4.79 Å². The van der Waals surface area contributed by atoms with Gasteiger partial charge in [-0.15, -0.1) is 0 Å². The highest BCUT2D eigenvalue weighted by Gasteiger charge is 2.30. The summed E-state index contributed by atoms with van der Waals surface area (Å²) in [5, 5.41) is 0. The Balaban J connectivity index is 2.27. The number of ether oxygens (including phenoxy) is 1. The zero-order chi connectivity index (χ0) is 10.6. The van der Waals surface area contributed by atoms with Gasteiger partial charge in [0.1, 0.15) is 6.10 Å². The minimum absolute atomic E-state index is 0.415. The van der Waals surface area contributed by atoms with Gasteiger partial charge in [-0.25, -0.2) is 0 Å². The first-order chi connectivity index (χ1) is 6.49. The van der Waals surface area contributed by atoms with E-state index < -0.39 is 30.9 Å². The van der Waals surface area contributed by atoms with Crippen LogP contribution in [0.5, 0.6) is 0 Å². The van der Waals surface area contributed by atoms with E-state index in [0.717, 1.165) is 12.8 Å². The number of rotatable bonds is 3. The summed E-state index contributed by atoms with van der Waals surface area (Å²) in [6.45, 7) is 0.489. The van der Waals surface area contributed by atoms with Gasteiger partial charge in [-0.2, -0.15) is 13.2 Å². The van der Waals surface area contributed by atoms with Crippen molar-refractivity contribution < 1.29 is 22.7 Å². The summed E-state index contributed by atoms with van der Waals surface area (Å²) >= 11 is 0. The molecule has 0 amide bonds. The molecule has 0 spiro atoms. The van der Waals surface area contributed by atoms with Gasteiger partial charge < -0.3 is 4.74 Å². The predicted molar refractivity (Wildman–Crippen MR) is 43.9 cm³/mol. The van der Waals surface area contributed by atoms with E-state index in [1.54, 1.807) is 0 Å². The Morgan fingerprint density at radius 1 is 1.36 bits per heavy atom. The van der Waals surface area contributed by atoms with Crippen LogP contribution in [0, 0.1) is 0 Å². The molecule has 5 heteroatoms. The van der Waals surface area contributed by atoms with Gasteiger partial charge in [0.25, 0.3) is 0 Å². The molecule has 1 aliphatic heterocycles. The first-order valence-corrected chi connectivity index (χ1v) is 4.70. The highest BCUT2D eigenvalue weighted by molar-refractivity contribution is 5.83. The van der Waals surface area contributed by atoms with Gasteiger partial charge in [0, 0.05) is 13.0 Å². The second-order valence-corrected chi connectivity index (χ2v) is 3.44. The Morgan fingerprint density at radius 2 is 2.07 bits per heavy atom. The minimum Gasteiger partial charge on any atom is -0.370 e. The lowest BCUT2D eigenvalue weighted by Gasteiger charge is -2.21. The normalized spacial score (nSPS) is 23.5. The van der Waals surface area contributed by atoms with Gasteiger partial charge in [-0.1, -0.05) is 0 Å². The fraction of sp³-hybridized carbons (Fsp3) is 0.889. The predicted octanol–water partition coefficient (Wildman–Crippen LogP) is 2.47. The van der Waals surface area contributed by atoms with Gasteiger partial charge in [0.05, 0.1) is 6.42 Å². The summed E-state index contributed by atoms with van der Waals surface area (Å²) in [5.41, 5.74) is 0. The molecule has 1 aliphatic rings. The van der Waals surface area contributed by atoms with E-state index >= 15 is 0 Å². The summed E-state index contributed by atoms with van der Waals surface area (Å²) in [6.07, 6.45) is -4.00. The molecule has 0 saturated carbocycles. The minimum atomic E-state index is -4.25. The number of carbonyl (C=O) groups is 1. The molecule has 0 aromatic rings. The maximum Gasteiger partial charge on any atom is 0.389 e. The van der Waals surface area contributed by atoms with E-state index in [1.807, 2.05) is 0 Å². The molecule has 0 aromatic heterocycles. The standard InChI is InChI=1S/C9H13F3O2/c10-9(11,12)5-4-7(13)8-3-1-2-6-14-8/h8H,1-6H2. The molecule has 1 fully saturated rings. The SMILES string of the molecule is O=C(CCC(F)(F)F)C1CCCCO1. The van der Waals surface area contributed by atoms with Crippen molar-refractivity contribution in [3.63, 3.8) is 0 Å². The Hall–Kier alpha value is -0.580. The summed E-state index contributed by atoms with van der Waals surface area (Å²) in [6, 6.07) is 0. The maximum absolute atomic E-state index is 11.8. The van der Waals surface area contributed by atoms with Crippen LogP contribution in [0.3, 0.4) is 0 Å². The number of hydrogen-bond donors (Lipinski definition) is 0. The first-order valence-electron chi connectivity index (χ1n) is 4.70. The van der Waals surface area contributed by atoms with Crippen molar-refractivity contribution in [2.24, 2.45) is 0 Å². The van der Waals surface area contributed by atoms with E-state index in [4.69, 9.17) is 4.74 Å². The van der Waals surface area contributed by atoms with Crippen LogP contribution in [-0.4, -0.2) is 24.7 Å². The molecular weight excluding hydrogens is 197 g/mol. The van der Waals surface area contributed by atoms with Crippen LogP contribution in [0.15, 0.2) is 0 Å². The smallest absolute Gasteiger partial charge is 0.370 e. The number of alkyl halides is 3. The molecule has 2 nitrogen and oxygen atoms in total. The van der Waals surface area contributed by atoms with Crippen LogP contribution in [0.1, 0.15) is 32.1 Å². The quantitative estimate of drug-likeness (QED) is 0.715. The number of halogens is 3. The highest BCUT2D eigenvalue weighted by Crippen LogP contribution is 2.23. The van der Waals surface area contributed by atoms with Crippen molar-refractivity contribution in [1.29, 1.82) is 0 Å². The molecule has 14 heavy (non-hydrogen) atoms. The molecular formula is C9H13F3O2. The van der Waals surface area contributed by atoms with Gasteiger partial charge in [-0.05, 0) is 19.3 Å². The van der Waals surface area contributed by atoms with Crippen molar-refractivity contribution in [2.45, 2.75) is 44.4 Å². The molecule has 0 aliphatic carbocycles. The molecule has 0 N–H and O–H groups in total. The summed E-state index contributed by atoms with van der Waals surface area (Å²) in [5.74, 6) is -0.415. The Labute approximate surface area is 80.4 Å². The first kappa shape index (κ1) is 11.5. The van der Waals surface area contributed by atoms with Crippen molar-refractivity contribution in [1.82, 2.24) is 0 Å². The second kappa shape index (κ2) is 4.77. The Morgan fingerprint density at radius 3 is 2.57 bits per heavy atom. The largest absolute Gasteiger partial charge is 0.389 e. The van der Waals surface area contributed by atoms with Crippen molar-refractivity contribution in [3.05, 3.63) is 0 Å². The van der Waals surface area contributed by atoms with Crippen molar-refractivity contribution in [2.75, 3.05) is 6.61 Å². The molecule has 0 radical (unpaired) electrons. The monoisotopic (exact) mass is 210 g/mol. The summed E-state index contributed by atoms with van der Waals surface area (Å²) in [4.78, 5) is 11.2. The molecule has 1 saturated heterocycles. The van der Waals surface area contributed by atoms with Crippen LogP contribution in [0.4, 0.5) is 13.2 Å². The molecule has 1 unspecified atom stereocenters.